The maximum atomic E-state index is 12.7. The van der Waals surface area contributed by atoms with Crippen molar-refractivity contribution in [2.24, 2.45) is 0 Å². The topological polar surface area (TPSA) is 58.6 Å². The van der Waals surface area contributed by atoms with E-state index < -0.39 is 0 Å². The maximum absolute atomic E-state index is 12.7. The highest BCUT2D eigenvalue weighted by Crippen LogP contribution is 2.29. The summed E-state index contributed by atoms with van der Waals surface area (Å²) in [5.74, 6) is -0.458. The van der Waals surface area contributed by atoms with Crippen molar-refractivity contribution in [3.8, 4) is 0 Å². The fourth-order valence-corrected chi connectivity index (χ4v) is 2.27. The van der Waals surface area contributed by atoms with Crippen LogP contribution < -0.4 is 5.32 Å². The zero-order valence-electron chi connectivity index (χ0n) is 12.6. The minimum atomic E-state index is -0.348. The van der Waals surface area contributed by atoms with E-state index in [4.69, 9.17) is 4.74 Å². The summed E-state index contributed by atoms with van der Waals surface area (Å²) in [6.45, 7) is 4.85. The van der Waals surface area contributed by atoms with E-state index in [0.29, 0.717) is 12.2 Å². The highest BCUT2D eigenvalue weighted by atomic mass is 16.5. The van der Waals surface area contributed by atoms with Gasteiger partial charge >= 0.3 is 5.97 Å². The van der Waals surface area contributed by atoms with Gasteiger partial charge in [-0.25, -0.2) is 0 Å². The van der Waals surface area contributed by atoms with E-state index in [1.165, 1.54) is 0 Å². The molecule has 5 heteroatoms. The van der Waals surface area contributed by atoms with Crippen LogP contribution >= 0.6 is 0 Å². The highest BCUT2D eigenvalue weighted by Gasteiger charge is 2.35. The number of rotatable bonds is 7. The molecule has 0 aliphatic heterocycles. The zero-order valence-corrected chi connectivity index (χ0v) is 12.6. The molecule has 21 heavy (non-hydrogen) atoms. The van der Waals surface area contributed by atoms with Gasteiger partial charge in [-0.15, -0.1) is 0 Å². The second-order valence-electron chi connectivity index (χ2n) is 5.05. The third kappa shape index (κ3) is 3.97. The van der Waals surface area contributed by atoms with Crippen LogP contribution in [0.3, 0.4) is 0 Å². The summed E-state index contributed by atoms with van der Waals surface area (Å²) < 4.78 is 4.97. The number of benzene rings is 1. The Balaban J connectivity index is 2.16. The number of nitrogens with one attached hydrogen (secondary N) is 1. The molecule has 1 aliphatic carbocycles. The molecule has 0 atom stereocenters. The van der Waals surface area contributed by atoms with Crippen molar-refractivity contribution >= 4 is 17.6 Å². The van der Waals surface area contributed by atoms with Crippen molar-refractivity contribution in [3.05, 3.63) is 29.8 Å². The lowest BCUT2D eigenvalue weighted by Crippen LogP contribution is -2.38. The number of carbonyl (C=O) groups excluding carboxylic acids is 2. The average molecular weight is 290 g/mol. The molecule has 1 saturated carbocycles. The van der Waals surface area contributed by atoms with Gasteiger partial charge in [-0.1, -0.05) is 12.1 Å². The lowest BCUT2D eigenvalue weighted by Gasteiger charge is -2.22. The van der Waals surface area contributed by atoms with Crippen LogP contribution in [0.25, 0.3) is 0 Å². The van der Waals surface area contributed by atoms with Crippen LogP contribution in [-0.2, 0) is 9.53 Å². The molecule has 2 rings (SSSR count). The molecule has 0 bridgehead atoms. The summed E-state index contributed by atoms with van der Waals surface area (Å²) in [5.41, 5.74) is 1.41. The number of esters is 1. The van der Waals surface area contributed by atoms with Gasteiger partial charge in [0.2, 0.25) is 0 Å². The van der Waals surface area contributed by atoms with Gasteiger partial charge in [0, 0.05) is 18.3 Å². The number of para-hydroxylation sites is 1. The van der Waals surface area contributed by atoms with E-state index in [1.54, 1.807) is 17.9 Å². The van der Waals surface area contributed by atoms with Crippen molar-refractivity contribution < 1.29 is 14.3 Å². The van der Waals surface area contributed by atoms with E-state index in [2.05, 4.69) is 5.32 Å². The minimum Gasteiger partial charge on any atom is -0.465 e. The molecular weight excluding hydrogens is 268 g/mol. The van der Waals surface area contributed by atoms with Crippen molar-refractivity contribution in [2.45, 2.75) is 32.7 Å². The Morgan fingerprint density at radius 1 is 1.29 bits per heavy atom. The molecule has 1 aromatic rings. The highest BCUT2D eigenvalue weighted by molar-refractivity contribution is 6.01. The molecule has 1 aromatic carbocycles. The van der Waals surface area contributed by atoms with E-state index in [1.807, 2.05) is 25.1 Å². The quantitative estimate of drug-likeness (QED) is 0.783. The standard InChI is InChI=1S/C16H22N2O3/c1-3-17-14-8-6-5-7-13(14)16(20)18(12-9-10-12)11-15(19)21-4-2/h5-8,12,17H,3-4,9-11H2,1-2H3. The second kappa shape index (κ2) is 7.11. The van der Waals surface area contributed by atoms with Crippen LogP contribution in [0.4, 0.5) is 5.69 Å². The number of anilines is 1. The number of amides is 1. The van der Waals surface area contributed by atoms with Gasteiger partial charge in [-0.05, 0) is 38.8 Å². The minimum absolute atomic E-state index is 0.0256. The van der Waals surface area contributed by atoms with Gasteiger partial charge in [0.05, 0.1) is 12.2 Å². The first-order valence-corrected chi connectivity index (χ1v) is 7.46. The Kier molecular flexibility index (Phi) is 5.20. The first-order chi connectivity index (χ1) is 10.2. The molecule has 0 radical (unpaired) electrons. The molecule has 114 valence electrons. The summed E-state index contributed by atoms with van der Waals surface area (Å²) in [6.07, 6.45) is 1.91. The number of hydrogen-bond donors (Lipinski definition) is 1. The van der Waals surface area contributed by atoms with E-state index >= 15 is 0 Å². The largest absolute Gasteiger partial charge is 0.465 e. The molecular formula is C16H22N2O3. The fourth-order valence-electron chi connectivity index (χ4n) is 2.27. The Hall–Kier alpha value is -2.04. The summed E-state index contributed by atoms with van der Waals surface area (Å²) >= 11 is 0. The van der Waals surface area contributed by atoms with Gasteiger partial charge in [0.15, 0.2) is 0 Å². The van der Waals surface area contributed by atoms with Gasteiger partial charge in [0.25, 0.3) is 5.91 Å². The smallest absolute Gasteiger partial charge is 0.325 e. The van der Waals surface area contributed by atoms with E-state index in [-0.39, 0.29) is 24.5 Å². The Labute approximate surface area is 125 Å². The SMILES string of the molecule is CCNc1ccccc1C(=O)N(CC(=O)OCC)C1CC1. The molecule has 1 aliphatic rings. The lowest BCUT2D eigenvalue weighted by molar-refractivity contribution is -0.144. The van der Waals surface area contributed by atoms with Gasteiger partial charge < -0.3 is 15.0 Å². The molecule has 0 heterocycles. The molecule has 1 amide bonds. The molecule has 0 unspecified atom stereocenters. The van der Waals surface area contributed by atoms with Gasteiger partial charge in [-0.3, -0.25) is 9.59 Å². The first-order valence-electron chi connectivity index (χ1n) is 7.46. The van der Waals surface area contributed by atoms with Crippen LogP contribution in [0.1, 0.15) is 37.0 Å². The van der Waals surface area contributed by atoms with Gasteiger partial charge in [0.1, 0.15) is 6.54 Å². The Bertz CT molecular complexity index is 512. The first kappa shape index (κ1) is 15.4. The van der Waals surface area contributed by atoms with E-state index in [9.17, 15) is 9.59 Å². The maximum Gasteiger partial charge on any atom is 0.325 e. The summed E-state index contributed by atoms with van der Waals surface area (Å²) in [7, 11) is 0. The molecule has 0 saturated heterocycles. The number of ether oxygens (including phenoxy) is 1. The molecule has 1 N–H and O–H groups in total. The van der Waals surface area contributed by atoms with Crippen LogP contribution in [0.15, 0.2) is 24.3 Å². The summed E-state index contributed by atoms with van der Waals surface area (Å²) in [6, 6.07) is 7.56. The molecule has 5 nitrogen and oxygen atoms in total. The van der Waals surface area contributed by atoms with Crippen LogP contribution in [0.2, 0.25) is 0 Å². The van der Waals surface area contributed by atoms with Crippen LogP contribution in [0.5, 0.6) is 0 Å². The number of carbonyl (C=O) groups is 2. The Morgan fingerprint density at radius 2 is 2.00 bits per heavy atom. The second-order valence-corrected chi connectivity index (χ2v) is 5.05. The third-order valence-corrected chi connectivity index (χ3v) is 3.38. The van der Waals surface area contributed by atoms with Crippen molar-refractivity contribution in [2.75, 3.05) is 25.0 Å². The van der Waals surface area contributed by atoms with Crippen molar-refractivity contribution in [3.63, 3.8) is 0 Å². The molecule has 0 aromatic heterocycles. The predicted octanol–water partition coefficient (Wildman–Crippen LogP) is 2.29. The predicted molar refractivity (Wildman–Crippen MR) is 81.3 cm³/mol. The lowest BCUT2D eigenvalue weighted by atomic mass is 10.1. The van der Waals surface area contributed by atoms with Crippen LogP contribution in [0, 0.1) is 0 Å². The third-order valence-electron chi connectivity index (χ3n) is 3.38. The normalized spacial score (nSPS) is 13.6. The number of hydrogen-bond acceptors (Lipinski definition) is 4. The van der Waals surface area contributed by atoms with Gasteiger partial charge in [-0.2, -0.15) is 0 Å². The number of nitrogens with zero attached hydrogens (tertiary/aromatic N) is 1. The average Bonchev–Trinajstić information content (AvgIpc) is 3.30. The molecule has 1 fully saturated rings. The monoisotopic (exact) mass is 290 g/mol. The summed E-state index contributed by atoms with van der Waals surface area (Å²) in [4.78, 5) is 26.1. The molecule has 0 spiro atoms. The van der Waals surface area contributed by atoms with Crippen molar-refractivity contribution in [1.29, 1.82) is 0 Å². The summed E-state index contributed by atoms with van der Waals surface area (Å²) in [5, 5.41) is 3.19. The zero-order chi connectivity index (χ0) is 15.2. The fraction of sp³-hybridized carbons (Fsp3) is 0.500. The Morgan fingerprint density at radius 3 is 2.62 bits per heavy atom. The van der Waals surface area contributed by atoms with Crippen molar-refractivity contribution in [1.82, 2.24) is 4.90 Å². The van der Waals surface area contributed by atoms with Crippen LogP contribution in [-0.4, -0.2) is 42.5 Å². The van der Waals surface area contributed by atoms with E-state index in [0.717, 1.165) is 25.1 Å².